The average Bonchev–Trinajstić information content (AvgIpc) is 3.33. The third-order valence-corrected chi connectivity index (χ3v) is 7.06. The van der Waals surface area contributed by atoms with Crippen LogP contribution in [0.1, 0.15) is 33.9 Å². The number of carbonyl (C=O) groups is 2. The van der Waals surface area contributed by atoms with Crippen LogP contribution in [0.4, 0.5) is 5.13 Å². The third kappa shape index (κ3) is 3.54. The molecule has 1 saturated heterocycles. The van der Waals surface area contributed by atoms with Crippen molar-refractivity contribution in [3.63, 3.8) is 0 Å². The van der Waals surface area contributed by atoms with Crippen LogP contribution >= 0.6 is 11.3 Å². The first-order chi connectivity index (χ1) is 16.2. The molecule has 0 saturated carbocycles. The molecule has 3 aromatic carbocycles. The van der Waals surface area contributed by atoms with Crippen LogP contribution in [0.5, 0.6) is 5.75 Å². The summed E-state index contributed by atoms with van der Waals surface area (Å²) in [6, 6.07) is 16.8. The van der Waals surface area contributed by atoms with Crippen molar-refractivity contribution in [2.24, 2.45) is 0 Å². The highest BCUT2D eigenvalue weighted by Gasteiger charge is 2.48. The highest BCUT2D eigenvalue weighted by molar-refractivity contribution is 7.22. The number of hydrogen-bond acceptors (Lipinski definition) is 6. The van der Waals surface area contributed by atoms with Gasteiger partial charge in [-0.25, -0.2) is 4.98 Å². The van der Waals surface area contributed by atoms with E-state index in [9.17, 15) is 19.8 Å². The van der Waals surface area contributed by atoms with Gasteiger partial charge in [0.2, 0.25) is 0 Å². The minimum absolute atomic E-state index is 0.000161. The Morgan fingerprint density at radius 3 is 2.35 bits per heavy atom. The van der Waals surface area contributed by atoms with Gasteiger partial charge < -0.3 is 10.2 Å². The number of aliphatic hydroxyl groups is 1. The number of phenols is 1. The number of benzene rings is 3. The van der Waals surface area contributed by atoms with E-state index in [4.69, 9.17) is 0 Å². The van der Waals surface area contributed by atoms with Gasteiger partial charge >= 0.3 is 5.91 Å². The zero-order chi connectivity index (χ0) is 24.1. The van der Waals surface area contributed by atoms with Crippen LogP contribution in [0.3, 0.4) is 0 Å². The van der Waals surface area contributed by atoms with Crippen LogP contribution in [0.2, 0.25) is 0 Å². The van der Waals surface area contributed by atoms with Crippen molar-refractivity contribution in [3.8, 4) is 5.75 Å². The second kappa shape index (κ2) is 8.11. The lowest BCUT2D eigenvalue weighted by molar-refractivity contribution is -0.132. The number of rotatable bonds is 3. The zero-order valence-electron chi connectivity index (χ0n) is 18.9. The van der Waals surface area contributed by atoms with Gasteiger partial charge in [-0.05, 0) is 67.8 Å². The molecule has 0 aliphatic carbocycles. The molecule has 7 heteroatoms. The molecule has 1 aromatic heterocycles. The number of aromatic hydroxyl groups is 1. The second-order valence-corrected chi connectivity index (χ2v) is 9.56. The minimum Gasteiger partial charge on any atom is -0.508 e. The number of thiazole rings is 1. The number of hydrogen-bond donors (Lipinski definition) is 2. The van der Waals surface area contributed by atoms with E-state index < -0.39 is 17.7 Å². The molecule has 6 nitrogen and oxygen atoms in total. The Balaban J connectivity index is 1.76. The van der Waals surface area contributed by atoms with Crippen molar-refractivity contribution in [2.45, 2.75) is 26.8 Å². The Kier molecular flexibility index (Phi) is 5.21. The number of Topliss-reactive ketones (excluding diaryl/α,β-unsaturated/α-hetero) is 1. The Morgan fingerprint density at radius 2 is 1.62 bits per heavy atom. The fourth-order valence-electron chi connectivity index (χ4n) is 4.26. The molecule has 1 amide bonds. The first-order valence-electron chi connectivity index (χ1n) is 10.8. The summed E-state index contributed by atoms with van der Waals surface area (Å²) in [5, 5.41) is 21.5. The SMILES string of the molecule is Cc1ccc(C)c(C(O)=C2C(=O)C(=O)N(c3nc4ccc(C)cc4s3)C2c2ccc(O)cc2)c1. The molecule has 5 rings (SSSR count). The van der Waals surface area contributed by atoms with Crippen LogP contribution < -0.4 is 4.90 Å². The number of aliphatic hydroxyl groups excluding tert-OH is 1. The Morgan fingerprint density at radius 1 is 0.941 bits per heavy atom. The molecule has 0 spiro atoms. The molecular formula is C27H22N2O4S. The number of ketones is 1. The number of phenolic OH excluding ortho intramolecular Hbond substituents is 1. The molecule has 34 heavy (non-hydrogen) atoms. The molecule has 4 aromatic rings. The molecule has 1 aliphatic heterocycles. The van der Waals surface area contributed by atoms with Crippen molar-refractivity contribution < 1.29 is 19.8 Å². The molecular weight excluding hydrogens is 448 g/mol. The molecule has 1 aliphatic rings. The van der Waals surface area contributed by atoms with Gasteiger partial charge in [0.1, 0.15) is 11.5 Å². The largest absolute Gasteiger partial charge is 0.508 e. The summed E-state index contributed by atoms with van der Waals surface area (Å²) in [6.45, 7) is 5.72. The van der Waals surface area contributed by atoms with Gasteiger partial charge in [0, 0.05) is 5.56 Å². The van der Waals surface area contributed by atoms with Gasteiger partial charge in [-0.15, -0.1) is 0 Å². The second-order valence-electron chi connectivity index (χ2n) is 8.55. The fraction of sp³-hybridized carbons (Fsp3) is 0.148. The van der Waals surface area contributed by atoms with E-state index >= 15 is 0 Å². The molecule has 2 N–H and O–H groups in total. The molecule has 0 radical (unpaired) electrons. The van der Waals surface area contributed by atoms with E-state index in [-0.39, 0.29) is 17.1 Å². The summed E-state index contributed by atoms with van der Waals surface area (Å²) in [6.07, 6.45) is 0. The van der Waals surface area contributed by atoms with Gasteiger partial charge in [-0.1, -0.05) is 47.2 Å². The van der Waals surface area contributed by atoms with Gasteiger partial charge in [0.05, 0.1) is 21.8 Å². The highest BCUT2D eigenvalue weighted by Crippen LogP contribution is 2.44. The predicted octanol–water partition coefficient (Wildman–Crippen LogP) is 5.55. The molecule has 1 atom stereocenters. The number of fused-ring (bicyclic) bond motifs is 1. The van der Waals surface area contributed by atoms with Gasteiger partial charge in [0.25, 0.3) is 5.78 Å². The summed E-state index contributed by atoms with van der Waals surface area (Å²) in [5.41, 5.74) is 4.58. The Hall–Kier alpha value is -3.97. The lowest BCUT2D eigenvalue weighted by atomic mass is 9.93. The minimum atomic E-state index is -0.887. The van der Waals surface area contributed by atoms with Crippen molar-refractivity contribution in [2.75, 3.05) is 4.90 Å². The van der Waals surface area contributed by atoms with E-state index in [1.165, 1.54) is 28.4 Å². The van der Waals surface area contributed by atoms with Crippen molar-refractivity contribution in [1.29, 1.82) is 0 Å². The predicted molar refractivity (Wildman–Crippen MR) is 133 cm³/mol. The lowest BCUT2D eigenvalue weighted by Gasteiger charge is -2.23. The number of aromatic nitrogens is 1. The van der Waals surface area contributed by atoms with E-state index in [2.05, 4.69) is 4.98 Å². The van der Waals surface area contributed by atoms with E-state index in [0.29, 0.717) is 16.3 Å². The first-order valence-corrected chi connectivity index (χ1v) is 11.6. The lowest BCUT2D eigenvalue weighted by Crippen LogP contribution is -2.29. The molecule has 2 heterocycles. The summed E-state index contributed by atoms with van der Waals surface area (Å²) in [5.74, 6) is -1.68. The number of nitrogens with zero attached hydrogens (tertiary/aromatic N) is 2. The van der Waals surface area contributed by atoms with Gasteiger partial charge in [-0.2, -0.15) is 0 Å². The van der Waals surface area contributed by atoms with Crippen molar-refractivity contribution >= 4 is 44.1 Å². The van der Waals surface area contributed by atoms with Crippen LogP contribution in [-0.2, 0) is 9.59 Å². The van der Waals surface area contributed by atoms with E-state index in [0.717, 1.165) is 26.9 Å². The first kappa shape index (κ1) is 21.9. The van der Waals surface area contributed by atoms with Crippen LogP contribution in [-0.4, -0.2) is 26.9 Å². The van der Waals surface area contributed by atoms with Crippen LogP contribution in [0.25, 0.3) is 16.0 Å². The van der Waals surface area contributed by atoms with E-state index in [1.54, 1.807) is 18.2 Å². The Labute approximate surface area is 200 Å². The average molecular weight is 471 g/mol. The summed E-state index contributed by atoms with van der Waals surface area (Å²) in [7, 11) is 0. The summed E-state index contributed by atoms with van der Waals surface area (Å²) >= 11 is 1.32. The number of amides is 1. The third-order valence-electron chi connectivity index (χ3n) is 6.04. The monoisotopic (exact) mass is 470 g/mol. The number of carbonyl (C=O) groups excluding carboxylic acids is 2. The van der Waals surface area contributed by atoms with E-state index in [1.807, 2.05) is 51.1 Å². The maximum Gasteiger partial charge on any atom is 0.301 e. The molecule has 170 valence electrons. The highest BCUT2D eigenvalue weighted by atomic mass is 32.1. The molecule has 1 unspecified atom stereocenters. The van der Waals surface area contributed by atoms with Crippen LogP contribution in [0.15, 0.2) is 66.2 Å². The quantitative estimate of drug-likeness (QED) is 0.233. The standard InChI is InChI=1S/C27H22N2O4S/c1-14-4-6-16(3)19(12-14)24(31)22-23(17-7-9-18(30)10-8-17)29(26(33)25(22)32)27-28-20-11-5-15(2)13-21(20)34-27/h4-13,23,30-31H,1-3H3. The maximum absolute atomic E-state index is 13.3. The summed E-state index contributed by atoms with van der Waals surface area (Å²) in [4.78, 5) is 32.7. The molecule has 1 fully saturated rings. The van der Waals surface area contributed by atoms with Crippen LogP contribution in [0, 0.1) is 20.8 Å². The summed E-state index contributed by atoms with van der Waals surface area (Å²) < 4.78 is 0.899. The molecule has 0 bridgehead atoms. The van der Waals surface area contributed by atoms with Crippen molar-refractivity contribution in [1.82, 2.24) is 4.98 Å². The maximum atomic E-state index is 13.3. The normalized spacial score (nSPS) is 17.6. The van der Waals surface area contributed by atoms with Crippen molar-refractivity contribution in [3.05, 3.63) is 94.1 Å². The number of anilines is 1. The fourth-order valence-corrected chi connectivity index (χ4v) is 5.35. The zero-order valence-corrected chi connectivity index (χ0v) is 19.7. The van der Waals surface area contributed by atoms with Gasteiger partial charge in [-0.3, -0.25) is 14.5 Å². The topological polar surface area (TPSA) is 90.7 Å². The van der Waals surface area contributed by atoms with Gasteiger partial charge in [0.15, 0.2) is 5.13 Å². The number of aryl methyl sites for hydroxylation is 3. The Bertz CT molecular complexity index is 1500. The smallest absolute Gasteiger partial charge is 0.301 e.